The van der Waals surface area contributed by atoms with Gasteiger partial charge in [-0.15, -0.1) is 0 Å². The van der Waals surface area contributed by atoms with E-state index in [2.05, 4.69) is 14.9 Å². The van der Waals surface area contributed by atoms with Crippen LogP contribution in [0.1, 0.15) is 18.4 Å². The Morgan fingerprint density at radius 1 is 1.19 bits per heavy atom. The maximum absolute atomic E-state index is 12.2. The summed E-state index contributed by atoms with van der Waals surface area (Å²) in [5.41, 5.74) is 1.14. The van der Waals surface area contributed by atoms with E-state index in [1.807, 2.05) is 26.2 Å². The van der Waals surface area contributed by atoms with Crippen molar-refractivity contribution in [3.05, 3.63) is 29.8 Å². The van der Waals surface area contributed by atoms with Crippen LogP contribution in [0.25, 0.3) is 0 Å². The highest BCUT2D eigenvalue weighted by Gasteiger charge is 2.25. The molecule has 1 fully saturated rings. The molecule has 0 heterocycles. The topological polar surface area (TPSA) is 61.4 Å². The molecule has 1 aliphatic carbocycles. The lowest BCUT2D eigenvalue weighted by molar-refractivity contribution is 0.329. The first kappa shape index (κ1) is 16.4. The summed E-state index contributed by atoms with van der Waals surface area (Å²) < 4.78 is 27.0. The highest BCUT2D eigenvalue weighted by atomic mass is 32.2. The summed E-state index contributed by atoms with van der Waals surface area (Å²) in [6, 6.07) is 7.77. The molecule has 1 aromatic carbocycles. The van der Waals surface area contributed by atoms with Gasteiger partial charge in [0.25, 0.3) is 0 Å². The van der Waals surface area contributed by atoms with Crippen LogP contribution in [0.5, 0.6) is 0 Å². The highest BCUT2D eigenvalue weighted by Crippen LogP contribution is 2.24. The van der Waals surface area contributed by atoms with Crippen molar-refractivity contribution in [2.45, 2.75) is 30.2 Å². The third-order valence-electron chi connectivity index (χ3n) is 3.82. The molecule has 0 spiro atoms. The van der Waals surface area contributed by atoms with Crippen molar-refractivity contribution in [3.63, 3.8) is 0 Å². The fraction of sp³-hybridized carbons (Fsp3) is 0.600. The Balaban J connectivity index is 1.85. The lowest BCUT2D eigenvalue weighted by atomic mass is 10.1. The van der Waals surface area contributed by atoms with Crippen molar-refractivity contribution in [1.29, 1.82) is 0 Å². The van der Waals surface area contributed by atoms with Crippen LogP contribution in [-0.2, 0) is 16.4 Å². The summed E-state index contributed by atoms with van der Waals surface area (Å²) in [7, 11) is 0.558. The monoisotopic (exact) mass is 311 g/mol. The second kappa shape index (κ2) is 7.35. The molecule has 2 N–H and O–H groups in total. The van der Waals surface area contributed by atoms with Crippen molar-refractivity contribution >= 4 is 10.0 Å². The molecule has 0 aromatic heterocycles. The zero-order valence-electron chi connectivity index (χ0n) is 12.8. The number of likely N-dealkylation sites (N-methyl/N-ethyl adjacent to an activating group) is 2. The Morgan fingerprint density at radius 2 is 1.86 bits per heavy atom. The van der Waals surface area contributed by atoms with Gasteiger partial charge in [-0.25, -0.2) is 13.1 Å². The average Bonchev–Trinajstić information content (AvgIpc) is 3.30. The summed E-state index contributed by atoms with van der Waals surface area (Å²) in [5.74, 6) is 0. The molecule has 0 radical (unpaired) electrons. The second-order valence-electron chi connectivity index (χ2n) is 5.61. The van der Waals surface area contributed by atoms with Gasteiger partial charge in [-0.1, -0.05) is 12.1 Å². The van der Waals surface area contributed by atoms with E-state index in [9.17, 15) is 8.42 Å². The van der Waals surface area contributed by atoms with Crippen molar-refractivity contribution in [2.75, 3.05) is 33.7 Å². The van der Waals surface area contributed by atoms with E-state index >= 15 is 0 Å². The number of rotatable bonds is 9. The number of benzene rings is 1. The van der Waals surface area contributed by atoms with E-state index in [4.69, 9.17) is 0 Å². The summed E-state index contributed by atoms with van der Waals surface area (Å²) >= 11 is 0. The molecular weight excluding hydrogens is 286 g/mol. The highest BCUT2D eigenvalue weighted by molar-refractivity contribution is 7.89. The normalized spacial score (nSPS) is 15.6. The van der Waals surface area contributed by atoms with Crippen molar-refractivity contribution in [3.8, 4) is 0 Å². The maximum atomic E-state index is 12.2. The Bertz CT molecular complexity index is 539. The molecule has 1 aromatic rings. The Hall–Kier alpha value is -0.950. The molecule has 1 saturated carbocycles. The second-order valence-corrected chi connectivity index (χ2v) is 7.37. The van der Waals surface area contributed by atoms with Crippen LogP contribution in [0.2, 0.25) is 0 Å². The van der Waals surface area contributed by atoms with Crippen LogP contribution < -0.4 is 10.0 Å². The van der Waals surface area contributed by atoms with Crippen LogP contribution in [0, 0.1) is 0 Å². The first-order valence-electron chi connectivity index (χ1n) is 7.46. The molecule has 2 rings (SSSR count). The van der Waals surface area contributed by atoms with Crippen LogP contribution in [-0.4, -0.2) is 53.1 Å². The van der Waals surface area contributed by atoms with Gasteiger partial charge in [0.15, 0.2) is 0 Å². The van der Waals surface area contributed by atoms with E-state index in [1.165, 1.54) is 12.8 Å². The summed E-state index contributed by atoms with van der Waals surface area (Å²) in [6.45, 7) is 2.10. The first-order chi connectivity index (χ1) is 10.0. The number of hydrogen-bond acceptors (Lipinski definition) is 4. The molecule has 0 unspecified atom stereocenters. The van der Waals surface area contributed by atoms with Gasteiger partial charge in [0, 0.05) is 19.1 Å². The minimum Gasteiger partial charge on any atom is -0.319 e. The van der Waals surface area contributed by atoms with Crippen molar-refractivity contribution in [1.82, 2.24) is 14.9 Å². The van der Waals surface area contributed by atoms with E-state index in [-0.39, 0.29) is 0 Å². The van der Waals surface area contributed by atoms with E-state index in [1.54, 1.807) is 12.1 Å². The minimum atomic E-state index is -3.39. The molecule has 1 aliphatic rings. The van der Waals surface area contributed by atoms with Gasteiger partial charge in [-0.2, -0.15) is 0 Å². The van der Waals surface area contributed by atoms with Crippen LogP contribution in [0.15, 0.2) is 29.2 Å². The van der Waals surface area contributed by atoms with Gasteiger partial charge in [0.05, 0.1) is 4.90 Å². The third kappa shape index (κ3) is 5.07. The van der Waals surface area contributed by atoms with Gasteiger partial charge < -0.3 is 10.2 Å². The molecule has 118 valence electrons. The van der Waals surface area contributed by atoms with E-state index in [0.717, 1.165) is 25.1 Å². The summed E-state index contributed by atoms with van der Waals surface area (Å²) in [5, 5.41) is 3.08. The summed E-state index contributed by atoms with van der Waals surface area (Å²) in [6.07, 6.45) is 3.37. The van der Waals surface area contributed by atoms with Gasteiger partial charge in [-0.05, 0) is 57.6 Å². The Kier molecular flexibility index (Phi) is 5.75. The van der Waals surface area contributed by atoms with Gasteiger partial charge in [-0.3, -0.25) is 0 Å². The zero-order valence-corrected chi connectivity index (χ0v) is 13.6. The molecule has 6 heteroatoms. The predicted octanol–water partition coefficient (Wildman–Crippen LogP) is 0.821. The molecule has 0 bridgehead atoms. The van der Waals surface area contributed by atoms with Crippen molar-refractivity contribution < 1.29 is 8.42 Å². The molecular formula is C15H25N3O2S. The molecule has 5 nitrogen and oxygen atoms in total. The Labute approximate surface area is 127 Å². The lowest BCUT2D eigenvalue weighted by Crippen LogP contribution is -2.33. The van der Waals surface area contributed by atoms with Crippen LogP contribution >= 0.6 is 0 Å². The minimum absolute atomic E-state index is 0.338. The molecule has 0 amide bonds. The number of sulfonamides is 1. The van der Waals surface area contributed by atoms with Crippen LogP contribution in [0.3, 0.4) is 0 Å². The number of hydrogen-bond donors (Lipinski definition) is 2. The van der Waals surface area contributed by atoms with Gasteiger partial charge in [0.2, 0.25) is 10.0 Å². The third-order valence-corrected chi connectivity index (χ3v) is 5.30. The SMILES string of the molecule is CNCCc1ccc(S(=O)(=O)NCCN(C)C2CC2)cc1. The largest absolute Gasteiger partial charge is 0.319 e. The lowest BCUT2D eigenvalue weighted by Gasteiger charge is -2.15. The van der Waals surface area contributed by atoms with Crippen molar-refractivity contribution in [2.24, 2.45) is 0 Å². The molecule has 0 aliphatic heterocycles. The summed E-state index contributed by atoms with van der Waals surface area (Å²) in [4.78, 5) is 2.55. The standard InChI is InChI=1S/C15H25N3O2S/c1-16-10-9-13-3-7-15(8-4-13)21(19,20)17-11-12-18(2)14-5-6-14/h3-4,7-8,14,16-17H,5-6,9-12H2,1-2H3. The first-order valence-corrected chi connectivity index (χ1v) is 8.94. The molecule has 21 heavy (non-hydrogen) atoms. The van der Waals surface area contributed by atoms with Gasteiger partial charge >= 0.3 is 0 Å². The van der Waals surface area contributed by atoms with Crippen LogP contribution in [0.4, 0.5) is 0 Å². The fourth-order valence-electron chi connectivity index (χ4n) is 2.24. The van der Waals surface area contributed by atoms with E-state index < -0.39 is 10.0 Å². The Morgan fingerprint density at radius 3 is 2.43 bits per heavy atom. The number of nitrogens with one attached hydrogen (secondary N) is 2. The molecule has 0 atom stereocenters. The zero-order chi connectivity index (χ0) is 15.3. The maximum Gasteiger partial charge on any atom is 0.240 e. The average molecular weight is 311 g/mol. The molecule has 0 saturated heterocycles. The van der Waals surface area contributed by atoms with Gasteiger partial charge in [0.1, 0.15) is 0 Å². The van der Waals surface area contributed by atoms with E-state index in [0.29, 0.717) is 17.5 Å². The smallest absolute Gasteiger partial charge is 0.240 e. The fourth-order valence-corrected chi connectivity index (χ4v) is 3.26. The number of nitrogens with zero attached hydrogens (tertiary/aromatic N) is 1. The quantitative estimate of drug-likeness (QED) is 0.709. The predicted molar refractivity (Wildman–Crippen MR) is 84.9 cm³/mol.